The minimum atomic E-state index is -0.711. The highest BCUT2D eigenvalue weighted by molar-refractivity contribution is 7.17. The predicted octanol–water partition coefficient (Wildman–Crippen LogP) is 3.09. The molecule has 1 aromatic heterocycles. The molecule has 0 bridgehead atoms. The van der Waals surface area contributed by atoms with Crippen molar-refractivity contribution in [1.29, 1.82) is 0 Å². The third-order valence-corrected chi connectivity index (χ3v) is 5.90. The molecule has 2 fully saturated rings. The van der Waals surface area contributed by atoms with E-state index in [1.807, 2.05) is 29.6 Å². The highest BCUT2D eigenvalue weighted by Gasteiger charge is 2.52. The molecule has 4 amide bonds. The quantitative estimate of drug-likeness (QED) is 0.826. The number of anilines is 1. The Kier molecular flexibility index (Phi) is 3.95. The van der Waals surface area contributed by atoms with Crippen LogP contribution in [0.5, 0.6) is 0 Å². The van der Waals surface area contributed by atoms with Crippen molar-refractivity contribution < 1.29 is 14.4 Å². The topological polar surface area (TPSA) is 78.5 Å². The largest absolute Gasteiger partial charge is 0.326 e. The first-order valence-corrected chi connectivity index (χ1v) is 9.37. The lowest BCUT2D eigenvalue weighted by atomic mass is 9.98. The molecule has 1 spiro atoms. The maximum Gasteiger partial charge on any atom is 0.325 e. The van der Waals surface area contributed by atoms with Crippen molar-refractivity contribution in [2.45, 2.75) is 37.6 Å². The number of amides is 4. The van der Waals surface area contributed by atoms with Gasteiger partial charge in [0.15, 0.2) is 0 Å². The number of fused-ring (bicyclic) bond motifs is 1. The normalized spacial score (nSPS) is 19.0. The van der Waals surface area contributed by atoms with Gasteiger partial charge in [-0.3, -0.25) is 14.5 Å². The van der Waals surface area contributed by atoms with Gasteiger partial charge in [-0.15, -0.1) is 11.3 Å². The Morgan fingerprint density at radius 2 is 2.04 bits per heavy atom. The summed E-state index contributed by atoms with van der Waals surface area (Å²) >= 11 is 1.65. The SMILES string of the molecule is O=C(CCN1C(=O)NC2(CCCC2)C1=O)Nc1ccc2sccc2c1. The monoisotopic (exact) mass is 357 g/mol. The molecule has 2 N–H and O–H groups in total. The fourth-order valence-corrected chi connectivity index (χ4v) is 4.45. The summed E-state index contributed by atoms with van der Waals surface area (Å²) in [5, 5.41) is 8.75. The van der Waals surface area contributed by atoms with Crippen LogP contribution >= 0.6 is 11.3 Å². The first-order chi connectivity index (χ1) is 12.1. The van der Waals surface area contributed by atoms with Gasteiger partial charge >= 0.3 is 6.03 Å². The maximum atomic E-state index is 12.5. The van der Waals surface area contributed by atoms with E-state index in [4.69, 9.17) is 0 Å². The van der Waals surface area contributed by atoms with Crippen LogP contribution in [0.4, 0.5) is 10.5 Å². The van der Waals surface area contributed by atoms with Crippen molar-refractivity contribution in [3.8, 4) is 0 Å². The molecule has 130 valence electrons. The lowest BCUT2D eigenvalue weighted by Crippen LogP contribution is -2.44. The minimum Gasteiger partial charge on any atom is -0.326 e. The molecule has 1 saturated heterocycles. The summed E-state index contributed by atoms with van der Waals surface area (Å²) in [7, 11) is 0. The van der Waals surface area contributed by atoms with Crippen molar-refractivity contribution in [2.75, 3.05) is 11.9 Å². The van der Waals surface area contributed by atoms with Gasteiger partial charge in [-0.1, -0.05) is 12.8 Å². The Bertz CT molecular complexity index is 854. The minimum absolute atomic E-state index is 0.0942. The average molecular weight is 357 g/mol. The van der Waals surface area contributed by atoms with E-state index in [0.29, 0.717) is 12.8 Å². The molecule has 1 aliphatic heterocycles. The standard InChI is InChI=1S/C18H19N3O3S/c22-15(19-13-3-4-14-12(11-13)6-10-25-14)5-9-21-16(23)18(20-17(21)24)7-1-2-8-18/h3-4,6,10-11H,1-2,5,7-9H2,(H,19,22)(H,20,24). The van der Waals surface area contributed by atoms with E-state index in [1.54, 1.807) is 11.3 Å². The van der Waals surface area contributed by atoms with E-state index in [2.05, 4.69) is 10.6 Å². The summed E-state index contributed by atoms with van der Waals surface area (Å²) in [5.41, 5.74) is 0.0118. The number of imide groups is 1. The molecule has 2 aromatic rings. The third kappa shape index (κ3) is 2.89. The highest BCUT2D eigenvalue weighted by Crippen LogP contribution is 2.35. The number of hydrogen-bond acceptors (Lipinski definition) is 4. The smallest absolute Gasteiger partial charge is 0.325 e. The number of urea groups is 1. The number of carbonyl (C=O) groups is 3. The zero-order valence-corrected chi connectivity index (χ0v) is 14.5. The summed E-state index contributed by atoms with van der Waals surface area (Å²) in [6, 6.07) is 7.38. The molecule has 1 aliphatic carbocycles. The number of hydrogen-bond donors (Lipinski definition) is 2. The van der Waals surface area contributed by atoms with Crippen LogP contribution in [0.25, 0.3) is 10.1 Å². The second kappa shape index (κ2) is 6.15. The van der Waals surface area contributed by atoms with Gasteiger partial charge in [0.1, 0.15) is 5.54 Å². The predicted molar refractivity (Wildman–Crippen MR) is 96.5 cm³/mol. The molecule has 4 rings (SSSR count). The number of rotatable bonds is 4. The number of nitrogens with zero attached hydrogens (tertiary/aromatic N) is 1. The van der Waals surface area contributed by atoms with Gasteiger partial charge in [0, 0.05) is 23.4 Å². The zero-order chi connectivity index (χ0) is 17.4. The fourth-order valence-electron chi connectivity index (χ4n) is 3.68. The molecule has 25 heavy (non-hydrogen) atoms. The molecule has 0 radical (unpaired) electrons. The van der Waals surface area contributed by atoms with Crippen LogP contribution in [0.3, 0.4) is 0 Å². The van der Waals surface area contributed by atoms with Crippen molar-refractivity contribution in [2.24, 2.45) is 0 Å². The van der Waals surface area contributed by atoms with Crippen LogP contribution in [0, 0.1) is 0 Å². The van der Waals surface area contributed by atoms with Crippen LogP contribution in [0.15, 0.2) is 29.6 Å². The number of nitrogens with one attached hydrogen (secondary N) is 2. The molecular formula is C18H19N3O3S. The van der Waals surface area contributed by atoms with Crippen molar-refractivity contribution in [3.63, 3.8) is 0 Å². The molecule has 0 unspecified atom stereocenters. The third-order valence-electron chi connectivity index (χ3n) is 5.00. The van der Waals surface area contributed by atoms with Crippen LogP contribution in [0.2, 0.25) is 0 Å². The summed E-state index contributed by atoms with van der Waals surface area (Å²) in [6.45, 7) is 0.110. The van der Waals surface area contributed by atoms with Gasteiger partial charge in [-0.25, -0.2) is 4.79 Å². The Labute approximate surface area is 149 Å². The average Bonchev–Trinajstić information content (AvgIpc) is 3.28. The second-order valence-corrected chi connectivity index (χ2v) is 7.60. The highest BCUT2D eigenvalue weighted by atomic mass is 32.1. The van der Waals surface area contributed by atoms with Gasteiger partial charge in [0.2, 0.25) is 5.91 Å². The molecule has 1 aromatic carbocycles. The Morgan fingerprint density at radius 1 is 1.24 bits per heavy atom. The van der Waals surface area contributed by atoms with E-state index in [1.165, 1.54) is 9.60 Å². The zero-order valence-electron chi connectivity index (χ0n) is 13.7. The van der Waals surface area contributed by atoms with E-state index in [-0.39, 0.29) is 30.8 Å². The van der Waals surface area contributed by atoms with Crippen LogP contribution in [0.1, 0.15) is 32.1 Å². The number of thiophene rings is 1. The van der Waals surface area contributed by atoms with Gasteiger partial charge in [0.05, 0.1) is 0 Å². The van der Waals surface area contributed by atoms with Crippen molar-refractivity contribution in [1.82, 2.24) is 10.2 Å². The molecule has 6 nitrogen and oxygen atoms in total. The molecule has 7 heteroatoms. The lowest BCUT2D eigenvalue weighted by molar-refractivity contribution is -0.131. The Hall–Kier alpha value is -2.41. The van der Waals surface area contributed by atoms with Crippen LogP contribution < -0.4 is 10.6 Å². The van der Waals surface area contributed by atoms with E-state index in [9.17, 15) is 14.4 Å². The summed E-state index contributed by atoms with van der Waals surface area (Å²) in [4.78, 5) is 38.0. The van der Waals surface area contributed by atoms with Gasteiger partial charge in [-0.05, 0) is 47.9 Å². The van der Waals surface area contributed by atoms with E-state index < -0.39 is 5.54 Å². The van der Waals surface area contributed by atoms with E-state index >= 15 is 0 Å². The van der Waals surface area contributed by atoms with Gasteiger partial charge in [-0.2, -0.15) is 0 Å². The van der Waals surface area contributed by atoms with Crippen LogP contribution in [-0.2, 0) is 9.59 Å². The summed E-state index contributed by atoms with van der Waals surface area (Å²) in [5.74, 6) is -0.384. The van der Waals surface area contributed by atoms with Gasteiger partial charge in [0.25, 0.3) is 5.91 Å². The Morgan fingerprint density at radius 3 is 2.84 bits per heavy atom. The molecular weight excluding hydrogens is 338 g/mol. The maximum absolute atomic E-state index is 12.5. The Balaban J connectivity index is 1.37. The fraction of sp³-hybridized carbons (Fsp3) is 0.389. The van der Waals surface area contributed by atoms with Crippen LogP contribution in [-0.4, -0.2) is 34.8 Å². The summed E-state index contributed by atoms with van der Waals surface area (Å²) < 4.78 is 1.17. The molecule has 0 atom stereocenters. The van der Waals surface area contributed by atoms with Crippen molar-refractivity contribution >= 4 is 45.0 Å². The van der Waals surface area contributed by atoms with Gasteiger partial charge < -0.3 is 10.6 Å². The molecule has 1 saturated carbocycles. The first-order valence-electron chi connectivity index (χ1n) is 8.49. The first kappa shape index (κ1) is 16.1. The molecule has 2 heterocycles. The lowest BCUT2D eigenvalue weighted by Gasteiger charge is -2.19. The van der Waals surface area contributed by atoms with E-state index in [0.717, 1.165) is 23.9 Å². The number of benzene rings is 1. The summed E-state index contributed by atoms with van der Waals surface area (Å²) in [6.07, 6.45) is 3.38. The molecule has 2 aliphatic rings. The number of carbonyl (C=O) groups excluding carboxylic acids is 3. The van der Waals surface area contributed by atoms with Crippen molar-refractivity contribution in [3.05, 3.63) is 29.6 Å². The second-order valence-electron chi connectivity index (χ2n) is 6.65.